The fourth-order valence-corrected chi connectivity index (χ4v) is 3.52. The molecular formula is C21H25ClN6O4. The van der Waals surface area contributed by atoms with Crippen LogP contribution in [0.4, 0.5) is 5.69 Å². The van der Waals surface area contributed by atoms with Crippen LogP contribution in [0.1, 0.15) is 37.0 Å². The van der Waals surface area contributed by atoms with Gasteiger partial charge in [-0.3, -0.25) is 23.5 Å². The van der Waals surface area contributed by atoms with Gasteiger partial charge < -0.3 is 15.2 Å². The first-order valence-electron chi connectivity index (χ1n) is 10.1. The van der Waals surface area contributed by atoms with Crippen LogP contribution in [0.5, 0.6) is 0 Å². The number of halogens is 1. The smallest absolute Gasteiger partial charge is 0.332 e. The molecular weight excluding hydrogens is 436 g/mol. The van der Waals surface area contributed by atoms with E-state index in [9.17, 15) is 19.2 Å². The van der Waals surface area contributed by atoms with Gasteiger partial charge in [0.25, 0.3) is 11.5 Å². The molecule has 0 bridgehead atoms. The summed E-state index contributed by atoms with van der Waals surface area (Å²) in [5.41, 5.74) is 0.356. The number of amides is 2. The van der Waals surface area contributed by atoms with Crippen molar-refractivity contribution in [2.45, 2.75) is 39.3 Å². The quantitative estimate of drug-likeness (QED) is 0.555. The van der Waals surface area contributed by atoms with E-state index in [2.05, 4.69) is 15.6 Å². The normalized spacial score (nSPS) is 11.2. The van der Waals surface area contributed by atoms with Gasteiger partial charge >= 0.3 is 5.69 Å². The summed E-state index contributed by atoms with van der Waals surface area (Å²) in [6, 6.07) is 4.62. The van der Waals surface area contributed by atoms with E-state index in [-0.39, 0.29) is 24.3 Å². The fourth-order valence-electron chi connectivity index (χ4n) is 3.35. The minimum atomic E-state index is -0.453. The van der Waals surface area contributed by atoms with E-state index >= 15 is 0 Å². The van der Waals surface area contributed by atoms with E-state index in [1.807, 2.05) is 13.8 Å². The lowest BCUT2D eigenvalue weighted by Gasteiger charge is -2.14. The molecule has 2 amide bonds. The van der Waals surface area contributed by atoms with Crippen LogP contribution in [0, 0.1) is 0 Å². The summed E-state index contributed by atoms with van der Waals surface area (Å²) >= 11 is 6.04. The van der Waals surface area contributed by atoms with Crippen LogP contribution in [-0.2, 0) is 25.4 Å². The summed E-state index contributed by atoms with van der Waals surface area (Å²) in [6.45, 7) is 4.04. The van der Waals surface area contributed by atoms with Crippen molar-refractivity contribution in [1.82, 2.24) is 24.0 Å². The largest absolute Gasteiger partial charge is 0.350 e. The molecule has 0 spiro atoms. The number of benzene rings is 1. The number of anilines is 1. The Labute approximate surface area is 188 Å². The van der Waals surface area contributed by atoms with Gasteiger partial charge in [0.05, 0.1) is 17.6 Å². The fraction of sp³-hybridized carbons (Fsp3) is 0.381. The maximum absolute atomic E-state index is 12.5. The summed E-state index contributed by atoms with van der Waals surface area (Å²) < 4.78 is 3.96. The summed E-state index contributed by atoms with van der Waals surface area (Å²) in [5, 5.41) is 5.93. The second-order valence-electron chi connectivity index (χ2n) is 7.79. The Morgan fingerprint density at radius 1 is 1.16 bits per heavy atom. The highest BCUT2D eigenvalue weighted by atomic mass is 35.5. The van der Waals surface area contributed by atoms with Crippen molar-refractivity contribution in [3.8, 4) is 0 Å². The number of aryl methyl sites for hydroxylation is 2. The van der Waals surface area contributed by atoms with Crippen molar-refractivity contribution in [3.63, 3.8) is 0 Å². The topological polar surface area (TPSA) is 120 Å². The molecule has 170 valence electrons. The third-order valence-electron chi connectivity index (χ3n) is 4.94. The van der Waals surface area contributed by atoms with Gasteiger partial charge in [-0.05, 0) is 38.5 Å². The van der Waals surface area contributed by atoms with Crippen molar-refractivity contribution >= 4 is 40.3 Å². The lowest BCUT2D eigenvalue weighted by Crippen LogP contribution is -2.37. The van der Waals surface area contributed by atoms with Crippen LogP contribution >= 0.6 is 11.6 Å². The molecule has 1 aromatic carbocycles. The summed E-state index contributed by atoms with van der Waals surface area (Å²) in [5.74, 6) is -0.603. The lowest BCUT2D eigenvalue weighted by atomic mass is 10.1. The van der Waals surface area contributed by atoms with E-state index < -0.39 is 11.2 Å². The van der Waals surface area contributed by atoms with E-state index in [4.69, 9.17) is 11.6 Å². The van der Waals surface area contributed by atoms with Gasteiger partial charge in [0.2, 0.25) is 5.91 Å². The summed E-state index contributed by atoms with van der Waals surface area (Å²) in [6.07, 6.45) is 2.04. The van der Waals surface area contributed by atoms with Crippen LogP contribution in [0.25, 0.3) is 11.2 Å². The molecule has 0 radical (unpaired) electrons. The monoisotopic (exact) mass is 460 g/mol. The average Bonchev–Trinajstić information content (AvgIpc) is 3.14. The van der Waals surface area contributed by atoms with E-state index in [0.29, 0.717) is 40.4 Å². The molecule has 0 saturated carbocycles. The van der Waals surface area contributed by atoms with Gasteiger partial charge in [-0.2, -0.15) is 0 Å². The molecule has 0 aliphatic heterocycles. The summed E-state index contributed by atoms with van der Waals surface area (Å²) in [7, 11) is 2.96. The highest BCUT2D eigenvalue weighted by molar-refractivity contribution is 6.31. The molecule has 0 unspecified atom stereocenters. The van der Waals surface area contributed by atoms with E-state index in [0.717, 1.165) is 4.57 Å². The molecule has 0 fully saturated rings. The van der Waals surface area contributed by atoms with Crippen molar-refractivity contribution in [1.29, 1.82) is 0 Å². The Kier molecular flexibility index (Phi) is 6.83. The zero-order chi connectivity index (χ0) is 23.6. The van der Waals surface area contributed by atoms with Gasteiger partial charge in [0.15, 0.2) is 11.2 Å². The third kappa shape index (κ3) is 4.75. The van der Waals surface area contributed by atoms with Gasteiger partial charge in [-0.25, -0.2) is 9.78 Å². The SMILES string of the molecule is CC(C)NC(=O)c1ccc(Cl)cc1NC(=O)CCCn1cnc2c1c(=O)n(C)c(=O)n2C. The Morgan fingerprint density at radius 2 is 1.88 bits per heavy atom. The first kappa shape index (κ1) is 23.3. The Hall–Kier alpha value is -3.40. The van der Waals surface area contributed by atoms with Crippen LogP contribution in [0.15, 0.2) is 34.1 Å². The number of carbonyl (C=O) groups is 2. The first-order valence-corrected chi connectivity index (χ1v) is 10.5. The van der Waals surface area contributed by atoms with Crippen LogP contribution in [-0.4, -0.2) is 36.5 Å². The predicted molar refractivity (Wildman–Crippen MR) is 122 cm³/mol. The average molecular weight is 461 g/mol. The highest BCUT2D eigenvalue weighted by Gasteiger charge is 2.16. The van der Waals surface area contributed by atoms with Gasteiger partial charge in [0.1, 0.15) is 0 Å². The predicted octanol–water partition coefficient (Wildman–Crippen LogP) is 1.64. The van der Waals surface area contributed by atoms with Gasteiger partial charge in [-0.15, -0.1) is 0 Å². The van der Waals surface area contributed by atoms with Gasteiger partial charge in [0, 0.05) is 38.1 Å². The van der Waals surface area contributed by atoms with E-state index in [1.165, 1.54) is 24.0 Å². The number of fused-ring (bicyclic) bond motifs is 1. The molecule has 0 saturated heterocycles. The van der Waals surface area contributed by atoms with Crippen molar-refractivity contribution in [3.05, 3.63) is 56.0 Å². The minimum absolute atomic E-state index is 0.0565. The minimum Gasteiger partial charge on any atom is -0.350 e. The van der Waals surface area contributed by atoms with Crippen molar-refractivity contribution in [2.24, 2.45) is 14.1 Å². The maximum Gasteiger partial charge on any atom is 0.332 e. The second-order valence-corrected chi connectivity index (χ2v) is 8.22. The second kappa shape index (κ2) is 9.39. The molecule has 10 nitrogen and oxygen atoms in total. The number of aromatic nitrogens is 4. The number of carbonyl (C=O) groups excluding carboxylic acids is 2. The van der Waals surface area contributed by atoms with Gasteiger partial charge in [-0.1, -0.05) is 11.6 Å². The maximum atomic E-state index is 12.5. The lowest BCUT2D eigenvalue weighted by molar-refractivity contribution is -0.116. The molecule has 0 aliphatic rings. The molecule has 2 heterocycles. The Morgan fingerprint density at radius 3 is 2.56 bits per heavy atom. The van der Waals surface area contributed by atoms with E-state index in [1.54, 1.807) is 23.7 Å². The van der Waals surface area contributed by atoms with Crippen LogP contribution in [0.2, 0.25) is 5.02 Å². The van der Waals surface area contributed by atoms with Crippen molar-refractivity contribution in [2.75, 3.05) is 5.32 Å². The third-order valence-corrected chi connectivity index (χ3v) is 5.18. The molecule has 0 aliphatic carbocycles. The highest BCUT2D eigenvalue weighted by Crippen LogP contribution is 2.22. The van der Waals surface area contributed by atoms with Crippen molar-refractivity contribution < 1.29 is 9.59 Å². The number of nitrogens with zero attached hydrogens (tertiary/aromatic N) is 4. The molecule has 3 rings (SSSR count). The Bertz CT molecular complexity index is 1300. The molecule has 2 N–H and O–H groups in total. The molecule has 11 heteroatoms. The molecule has 32 heavy (non-hydrogen) atoms. The summed E-state index contributed by atoms with van der Waals surface area (Å²) in [4.78, 5) is 53.6. The first-order chi connectivity index (χ1) is 15.1. The number of hydrogen-bond acceptors (Lipinski definition) is 5. The zero-order valence-corrected chi connectivity index (χ0v) is 19.1. The number of rotatable bonds is 7. The standard InChI is InChI=1S/C21H25ClN6O4/c1-12(2)24-19(30)14-8-7-13(22)10-15(14)25-16(29)6-5-9-28-11-23-18-17(28)20(31)27(4)21(32)26(18)3/h7-8,10-12H,5-6,9H2,1-4H3,(H,24,30)(H,25,29). The zero-order valence-electron chi connectivity index (χ0n) is 18.3. The molecule has 0 atom stereocenters. The molecule has 3 aromatic rings. The Balaban J connectivity index is 1.71. The van der Waals surface area contributed by atoms with Crippen LogP contribution in [0.3, 0.4) is 0 Å². The number of nitrogens with one attached hydrogen (secondary N) is 2. The number of hydrogen-bond donors (Lipinski definition) is 2. The number of imidazole rings is 1. The molecule has 2 aromatic heterocycles. The van der Waals surface area contributed by atoms with Crippen LogP contribution < -0.4 is 21.9 Å².